The van der Waals surface area contributed by atoms with Gasteiger partial charge < -0.3 is 10.0 Å². The highest BCUT2D eigenvalue weighted by Crippen LogP contribution is 2.32. The van der Waals surface area contributed by atoms with Crippen LogP contribution in [0.5, 0.6) is 0 Å². The summed E-state index contributed by atoms with van der Waals surface area (Å²) in [6.45, 7) is 4.28. The van der Waals surface area contributed by atoms with Crippen molar-refractivity contribution >= 4 is 23.0 Å². The Bertz CT molecular complexity index is 633. The summed E-state index contributed by atoms with van der Waals surface area (Å²) >= 11 is 6.09. The molecule has 2 atom stereocenters. The molecule has 2 aliphatic heterocycles. The highest BCUT2D eigenvalue weighted by atomic mass is 35.5. The Kier molecular flexibility index (Phi) is 3.40. The summed E-state index contributed by atoms with van der Waals surface area (Å²) in [5.74, 6) is 0.962. The lowest BCUT2D eigenvalue weighted by atomic mass is 9.98. The Labute approximate surface area is 123 Å². The average molecular weight is 289 g/mol. The Morgan fingerprint density at radius 3 is 2.85 bits per heavy atom. The van der Waals surface area contributed by atoms with E-state index >= 15 is 0 Å². The summed E-state index contributed by atoms with van der Waals surface area (Å²) in [7, 11) is 0. The van der Waals surface area contributed by atoms with Gasteiger partial charge in [-0.3, -0.25) is 4.99 Å². The Morgan fingerprint density at radius 2 is 2.15 bits per heavy atom. The van der Waals surface area contributed by atoms with E-state index in [2.05, 4.69) is 18.7 Å². The lowest BCUT2D eigenvalue weighted by Crippen LogP contribution is -2.34. The van der Waals surface area contributed by atoms with E-state index in [0.29, 0.717) is 11.1 Å². The molecular formula is C16H17ClN2O. The summed E-state index contributed by atoms with van der Waals surface area (Å²) in [4.78, 5) is 6.90. The number of aliphatic hydroxyl groups excluding tert-OH is 1. The first kappa shape index (κ1) is 13.4. The van der Waals surface area contributed by atoms with E-state index in [1.807, 2.05) is 36.5 Å². The highest BCUT2D eigenvalue weighted by Gasteiger charge is 2.33. The van der Waals surface area contributed by atoms with E-state index in [9.17, 15) is 5.11 Å². The minimum absolute atomic E-state index is 0.0228. The van der Waals surface area contributed by atoms with Gasteiger partial charge in [-0.1, -0.05) is 23.7 Å². The number of benzene rings is 1. The SMILES string of the molecule is CC1N=C2C(c3cccc(Cl)c3)=CC(CO)=CN2C1C. The number of hydrogen-bond acceptors (Lipinski definition) is 3. The maximum absolute atomic E-state index is 9.48. The van der Waals surface area contributed by atoms with Crippen LogP contribution in [-0.4, -0.2) is 34.5 Å². The van der Waals surface area contributed by atoms with Gasteiger partial charge in [-0.05, 0) is 43.2 Å². The number of nitrogens with zero attached hydrogens (tertiary/aromatic N) is 2. The first-order chi connectivity index (χ1) is 9.60. The molecule has 1 N–H and O–H groups in total. The summed E-state index contributed by atoms with van der Waals surface area (Å²) in [5.41, 5.74) is 2.94. The summed E-state index contributed by atoms with van der Waals surface area (Å²) in [6, 6.07) is 8.28. The number of aliphatic hydroxyl groups is 1. The predicted molar refractivity (Wildman–Crippen MR) is 82.8 cm³/mol. The Morgan fingerprint density at radius 1 is 1.35 bits per heavy atom. The van der Waals surface area contributed by atoms with Crippen LogP contribution in [0.25, 0.3) is 5.57 Å². The van der Waals surface area contributed by atoms with E-state index in [1.165, 1.54) is 0 Å². The van der Waals surface area contributed by atoms with Crippen LogP contribution in [0.3, 0.4) is 0 Å². The molecule has 20 heavy (non-hydrogen) atoms. The molecule has 2 unspecified atom stereocenters. The molecule has 3 rings (SSSR count). The van der Waals surface area contributed by atoms with E-state index in [0.717, 1.165) is 22.5 Å². The maximum atomic E-state index is 9.48. The topological polar surface area (TPSA) is 35.8 Å². The second-order valence-corrected chi connectivity index (χ2v) is 5.71. The molecule has 4 heteroatoms. The molecule has 3 nitrogen and oxygen atoms in total. The van der Waals surface area contributed by atoms with Gasteiger partial charge in [-0.2, -0.15) is 0 Å². The standard InChI is InChI=1S/C16H17ClN2O/c1-10-11(2)19-8-12(9-20)6-15(16(19)18-10)13-4-3-5-14(17)7-13/h3-8,10-11,20H,9H2,1-2H3. The number of hydrogen-bond donors (Lipinski definition) is 1. The van der Waals surface area contributed by atoms with E-state index in [4.69, 9.17) is 16.6 Å². The fourth-order valence-corrected chi connectivity index (χ4v) is 2.79. The zero-order valence-corrected chi connectivity index (χ0v) is 12.3. The number of fused-ring (bicyclic) bond motifs is 1. The maximum Gasteiger partial charge on any atom is 0.136 e. The lowest BCUT2D eigenvalue weighted by Gasteiger charge is -2.28. The van der Waals surface area contributed by atoms with Crippen molar-refractivity contribution in [2.45, 2.75) is 25.9 Å². The quantitative estimate of drug-likeness (QED) is 0.908. The highest BCUT2D eigenvalue weighted by molar-refractivity contribution is 6.31. The van der Waals surface area contributed by atoms with Gasteiger partial charge in [0.2, 0.25) is 0 Å². The molecule has 0 saturated heterocycles. The second kappa shape index (κ2) is 5.08. The molecule has 1 aromatic rings. The van der Waals surface area contributed by atoms with Crippen molar-refractivity contribution in [1.82, 2.24) is 4.90 Å². The van der Waals surface area contributed by atoms with Crippen LogP contribution in [-0.2, 0) is 0 Å². The first-order valence-corrected chi connectivity index (χ1v) is 7.13. The Balaban J connectivity index is 2.10. The fraction of sp³-hybridized carbons (Fsp3) is 0.312. The monoisotopic (exact) mass is 288 g/mol. The molecule has 104 valence electrons. The van der Waals surface area contributed by atoms with Crippen LogP contribution >= 0.6 is 11.6 Å². The molecule has 1 aromatic carbocycles. The minimum Gasteiger partial charge on any atom is -0.392 e. The van der Waals surface area contributed by atoms with Gasteiger partial charge in [0.15, 0.2) is 0 Å². The van der Waals surface area contributed by atoms with E-state index < -0.39 is 0 Å². The van der Waals surface area contributed by atoms with Gasteiger partial charge in [0.05, 0.1) is 18.7 Å². The van der Waals surface area contributed by atoms with Gasteiger partial charge in [-0.15, -0.1) is 0 Å². The van der Waals surface area contributed by atoms with Crippen LogP contribution in [0.2, 0.25) is 5.02 Å². The molecular weight excluding hydrogens is 272 g/mol. The third kappa shape index (κ3) is 2.17. The number of aliphatic imine (C=N–C) groups is 1. The summed E-state index contributed by atoms with van der Waals surface area (Å²) < 4.78 is 0. The third-order valence-electron chi connectivity index (χ3n) is 3.90. The van der Waals surface area contributed by atoms with Crippen LogP contribution in [0, 0.1) is 0 Å². The number of amidine groups is 1. The molecule has 0 radical (unpaired) electrons. The van der Waals surface area contributed by atoms with Gasteiger partial charge in [0.25, 0.3) is 0 Å². The summed E-state index contributed by atoms with van der Waals surface area (Å²) in [6.07, 6.45) is 3.98. The van der Waals surface area contributed by atoms with Crippen molar-refractivity contribution in [3.8, 4) is 0 Å². The van der Waals surface area contributed by atoms with Gasteiger partial charge in [0, 0.05) is 16.8 Å². The molecule has 2 heterocycles. The second-order valence-electron chi connectivity index (χ2n) is 5.27. The van der Waals surface area contributed by atoms with Crippen molar-refractivity contribution < 1.29 is 5.11 Å². The van der Waals surface area contributed by atoms with Crippen LogP contribution in [0.15, 0.2) is 47.1 Å². The van der Waals surface area contributed by atoms with E-state index in [-0.39, 0.29) is 12.6 Å². The van der Waals surface area contributed by atoms with Gasteiger partial charge in [0.1, 0.15) is 5.84 Å². The Hall–Kier alpha value is -1.58. The third-order valence-corrected chi connectivity index (χ3v) is 4.14. The van der Waals surface area contributed by atoms with Crippen molar-refractivity contribution in [3.05, 3.63) is 52.7 Å². The first-order valence-electron chi connectivity index (χ1n) is 6.76. The zero-order chi connectivity index (χ0) is 14.3. The van der Waals surface area contributed by atoms with Crippen molar-refractivity contribution in [3.63, 3.8) is 0 Å². The van der Waals surface area contributed by atoms with Crippen molar-refractivity contribution in [2.75, 3.05) is 6.61 Å². The molecule has 0 bridgehead atoms. The molecule has 0 aromatic heterocycles. The number of rotatable bonds is 2. The minimum atomic E-state index is 0.0228. The lowest BCUT2D eigenvalue weighted by molar-refractivity contribution is 0.329. The molecule has 0 aliphatic carbocycles. The van der Waals surface area contributed by atoms with Gasteiger partial charge >= 0.3 is 0 Å². The predicted octanol–water partition coefficient (Wildman–Crippen LogP) is 3.10. The summed E-state index contributed by atoms with van der Waals surface area (Å²) in [5, 5.41) is 10.2. The molecule has 0 amide bonds. The molecule has 2 aliphatic rings. The molecule has 0 spiro atoms. The van der Waals surface area contributed by atoms with Crippen molar-refractivity contribution in [1.29, 1.82) is 0 Å². The normalized spacial score (nSPS) is 25.0. The molecule has 0 fully saturated rings. The van der Waals surface area contributed by atoms with Crippen LogP contribution in [0.4, 0.5) is 0 Å². The zero-order valence-electron chi connectivity index (χ0n) is 11.5. The van der Waals surface area contributed by atoms with E-state index in [1.54, 1.807) is 0 Å². The van der Waals surface area contributed by atoms with Crippen LogP contribution < -0.4 is 0 Å². The largest absolute Gasteiger partial charge is 0.392 e. The van der Waals surface area contributed by atoms with Crippen LogP contribution in [0.1, 0.15) is 19.4 Å². The number of halogens is 1. The van der Waals surface area contributed by atoms with Gasteiger partial charge in [-0.25, -0.2) is 0 Å². The average Bonchev–Trinajstić information content (AvgIpc) is 2.73. The smallest absolute Gasteiger partial charge is 0.136 e. The molecule has 0 saturated carbocycles. The fourth-order valence-electron chi connectivity index (χ4n) is 2.60. The van der Waals surface area contributed by atoms with Crippen molar-refractivity contribution in [2.24, 2.45) is 4.99 Å².